The zero-order chi connectivity index (χ0) is 11.5. The van der Waals surface area contributed by atoms with Gasteiger partial charge in [-0.2, -0.15) is 0 Å². The van der Waals surface area contributed by atoms with E-state index in [-0.39, 0.29) is 0 Å². The number of rotatable bonds is 3. The zero-order valence-electron chi connectivity index (χ0n) is 11.2. The molecule has 1 N–H and O–H groups in total. The summed E-state index contributed by atoms with van der Waals surface area (Å²) in [5.41, 5.74) is 0. The first kappa shape index (κ1) is 12.4. The first-order valence-corrected chi connectivity index (χ1v) is 7.08. The van der Waals surface area contributed by atoms with Gasteiger partial charge in [-0.1, -0.05) is 19.8 Å². The lowest BCUT2D eigenvalue weighted by atomic mass is 9.82. The van der Waals surface area contributed by atoms with Crippen molar-refractivity contribution in [2.24, 2.45) is 11.8 Å². The van der Waals surface area contributed by atoms with Crippen LogP contribution in [0.15, 0.2) is 0 Å². The normalized spacial score (nSPS) is 41.4. The SMILES string of the molecule is CC1CCCC(CNC2CC(C)N(C)C2)C1. The van der Waals surface area contributed by atoms with Crippen molar-refractivity contribution in [2.75, 3.05) is 20.1 Å². The third-order valence-electron chi connectivity index (χ3n) is 4.63. The van der Waals surface area contributed by atoms with Crippen LogP contribution in [0, 0.1) is 11.8 Å². The summed E-state index contributed by atoms with van der Waals surface area (Å²) in [4.78, 5) is 2.47. The van der Waals surface area contributed by atoms with Crippen LogP contribution in [0.25, 0.3) is 0 Å². The van der Waals surface area contributed by atoms with Gasteiger partial charge in [-0.3, -0.25) is 0 Å². The fourth-order valence-corrected chi connectivity index (χ4v) is 3.42. The minimum absolute atomic E-state index is 0.747. The summed E-state index contributed by atoms with van der Waals surface area (Å²) < 4.78 is 0. The Kier molecular flexibility index (Phi) is 4.26. The van der Waals surface area contributed by atoms with E-state index in [1.165, 1.54) is 45.2 Å². The van der Waals surface area contributed by atoms with Gasteiger partial charge in [-0.25, -0.2) is 0 Å². The fourth-order valence-electron chi connectivity index (χ4n) is 3.42. The molecule has 2 rings (SSSR count). The van der Waals surface area contributed by atoms with Crippen molar-refractivity contribution in [1.29, 1.82) is 0 Å². The molecule has 0 aromatic rings. The van der Waals surface area contributed by atoms with Gasteiger partial charge in [0.1, 0.15) is 0 Å². The van der Waals surface area contributed by atoms with Crippen LogP contribution in [0.1, 0.15) is 46.0 Å². The average molecular weight is 224 g/mol. The van der Waals surface area contributed by atoms with Crippen LogP contribution < -0.4 is 5.32 Å². The minimum atomic E-state index is 0.747. The Labute approximate surface area is 101 Å². The highest BCUT2D eigenvalue weighted by molar-refractivity contribution is 4.86. The Bertz CT molecular complexity index is 202. The third-order valence-corrected chi connectivity index (χ3v) is 4.63. The zero-order valence-corrected chi connectivity index (χ0v) is 11.2. The molecule has 0 radical (unpaired) electrons. The van der Waals surface area contributed by atoms with E-state index in [2.05, 4.69) is 31.1 Å². The molecule has 2 nitrogen and oxygen atoms in total. The van der Waals surface area contributed by atoms with Gasteiger partial charge in [-0.05, 0) is 51.6 Å². The van der Waals surface area contributed by atoms with E-state index in [1.807, 2.05) is 0 Å². The first-order valence-electron chi connectivity index (χ1n) is 7.08. The second-order valence-electron chi connectivity index (χ2n) is 6.27. The molecule has 4 atom stereocenters. The number of hydrogen-bond acceptors (Lipinski definition) is 2. The van der Waals surface area contributed by atoms with Crippen LogP contribution in [0.4, 0.5) is 0 Å². The molecule has 0 amide bonds. The summed E-state index contributed by atoms with van der Waals surface area (Å²) in [6.07, 6.45) is 7.15. The minimum Gasteiger partial charge on any atom is -0.312 e. The average Bonchev–Trinajstić information content (AvgIpc) is 2.56. The number of likely N-dealkylation sites (N-methyl/N-ethyl adjacent to an activating group) is 1. The van der Waals surface area contributed by atoms with E-state index < -0.39 is 0 Å². The standard InChI is InChI=1S/C14H28N2/c1-11-5-4-6-13(7-11)9-15-14-8-12(2)16(3)10-14/h11-15H,4-10H2,1-3H3. The maximum atomic E-state index is 3.79. The highest BCUT2D eigenvalue weighted by atomic mass is 15.2. The van der Waals surface area contributed by atoms with E-state index in [4.69, 9.17) is 0 Å². The van der Waals surface area contributed by atoms with Crippen LogP contribution in [0.3, 0.4) is 0 Å². The lowest BCUT2D eigenvalue weighted by Crippen LogP contribution is -2.36. The Morgan fingerprint density at radius 2 is 2.00 bits per heavy atom. The lowest BCUT2D eigenvalue weighted by Gasteiger charge is -2.28. The maximum Gasteiger partial charge on any atom is 0.0209 e. The predicted octanol–water partition coefficient (Wildman–Crippen LogP) is 2.49. The molecule has 0 bridgehead atoms. The molecular weight excluding hydrogens is 196 g/mol. The quantitative estimate of drug-likeness (QED) is 0.792. The van der Waals surface area contributed by atoms with Gasteiger partial charge >= 0.3 is 0 Å². The van der Waals surface area contributed by atoms with Crippen LogP contribution in [0.5, 0.6) is 0 Å². The summed E-state index contributed by atoms with van der Waals surface area (Å²) in [6.45, 7) is 7.25. The molecule has 0 spiro atoms. The molecule has 1 aliphatic carbocycles. The molecule has 2 fully saturated rings. The summed E-state index contributed by atoms with van der Waals surface area (Å²) in [6, 6.07) is 1.51. The molecule has 16 heavy (non-hydrogen) atoms. The van der Waals surface area contributed by atoms with Gasteiger partial charge in [0, 0.05) is 18.6 Å². The Balaban J connectivity index is 1.67. The van der Waals surface area contributed by atoms with Gasteiger partial charge in [0.2, 0.25) is 0 Å². The second-order valence-corrected chi connectivity index (χ2v) is 6.27. The molecule has 1 saturated carbocycles. The number of likely N-dealkylation sites (tertiary alicyclic amines) is 1. The highest BCUT2D eigenvalue weighted by Crippen LogP contribution is 2.28. The summed E-state index contributed by atoms with van der Waals surface area (Å²) in [5, 5.41) is 3.79. The van der Waals surface area contributed by atoms with E-state index in [1.54, 1.807) is 0 Å². The molecule has 1 aliphatic heterocycles. The molecular formula is C14H28N2. The van der Waals surface area contributed by atoms with Crippen LogP contribution in [-0.2, 0) is 0 Å². The number of nitrogens with zero attached hydrogens (tertiary/aromatic N) is 1. The van der Waals surface area contributed by atoms with Gasteiger partial charge in [0.25, 0.3) is 0 Å². The maximum absolute atomic E-state index is 3.79. The molecule has 2 heteroatoms. The molecule has 0 aromatic carbocycles. The van der Waals surface area contributed by atoms with Gasteiger partial charge in [0.05, 0.1) is 0 Å². The van der Waals surface area contributed by atoms with Crippen molar-refractivity contribution in [3.05, 3.63) is 0 Å². The fraction of sp³-hybridized carbons (Fsp3) is 1.00. The topological polar surface area (TPSA) is 15.3 Å². The van der Waals surface area contributed by atoms with Gasteiger partial charge in [0.15, 0.2) is 0 Å². The van der Waals surface area contributed by atoms with Crippen LogP contribution in [0.2, 0.25) is 0 Å². The van der Waals surface area contributed by atoms with Gasteiger partial charge < -0.3 is 10.2 Å². The van der Waals surface area contributed by atoms with E-state index in [0.29, 0.717) is 0 Å². The second kappa shape index (κ2) is 5.50. The molecule has 4 unspecified atom stereocenters. The summed E-state index contributed by atoms with van der Waals surface area (Å²) >= 11 is 0. The largest absolute Gasteiger partial charge is 0.312 e. The smallest absolute Gasteiger partial charge is 0.0209 e. The van der Waals surface area contributed by atoms with Gasteiger partial charge in [-0.15, -0.1) is 0 Å². The van der Waals surface area contributed by atoms with Crippen molar-refractivity contribution < 1.29 is 0 Å². The molecule has 2 aliphatic rings. The first-order chi connectivity index (χ1) is 7.65. The van der Waals surface area contributed by atoms with Crippen LogP contribution in [-0.4, -0.2) is 37.1 Å². The Hall–Kier alpha value is -0.0800. The predicted molar refractivity (Wildman–Crippen MR) is 69.6 cm³/mol. The van der Waals surface area contributed by atoms with Crippen molar-refractivity contribution in [2.45, 2.75) is 58.0 Å². The monoisotopic (exact) mass is 224 g/mol. The van der Waals surface area contributed by atoms with Crippen LogP contribution >= 0.6 is 0 Å². The summed E-state index contributed by atoms with van der Waals surface area (Å²) in [5.74, 6) is 1.91. The lowest BCUT2D eigenvalue weighted by molar-refractivity contribution is 0.265. The van der Waals surface area contributed by atoms with Crippen molar-refractivity contribution in [1.82, 2.24) is 10.2 Å². The number of hydrogen-bond donors (Lipinski definition) is 1. The third kappa shape index (κ3) is 3.21. The number of nitrogens with one attached hydrogen (secondary N) is 1. The highest BCUT2D eigenvalue weighted by Gasteiger charge is 2.26. The van der Waals surface area contributed by atoms with E-state index in [0.717, 1.165) is 23.9 Å². The van der Waals surface area contributed by atoms with Crippen molar-refractivity contribution >= 4 is 0 Å². The Morgan fingerprint density at radius 1 is 1.19 bits per heavy atom. The molecule has 0 aromatic heterocycles. The van der Waals surface area contributed by atoms with Crippen molar-refractivity contribution in [3.63, 3.8) is 0 Å². The van der Waals surface area contributed by atoms with E-state index >= 15 is 0 Å². The van der Waals surface area contributed by atoms with E-state index in [9.17, 15) is 0 Å². The van der Waals surface area contributed by atoms with Crippen molar-refractivity contribution in [3.8, 4) is 0 Å². The summed E-state index contributed by atoms with van der Waals surface area (Å²) in [7, 11) is 2.25. The molecule has 1 heterocycles. The molecule has 1 saturated heterocycles. The molecule has 94 valence electrons. The Morgan fingerprint density at radius 3 is 2.62 bits per heavy atom.